The van der Waals surface area contributed by atoms with Crippen LogP contribution in [-0.4, -0.2) is 23.1 Å². The molecule has 0 spiro atoms. The molecule has 1 aromatic carbocycles. The third kappa shape index (κ3) is 2.18. The number of aromatic nitrogens is 2. The van der Waals surface area contributed by atoms with Crippen LogP contribution in [0, 0.1) is 0 Å². The maximum atomic E-state index is 6.20. The molecule has 0 radical (unpaired) electrons. The zero-order valence-corrected chi connectivity index (χ0v) is 10.8. The molecule has 0 N–H and O–H groups in total. The Balaban J connectivity index is 2.00. The van der Waals surface area contributed by atoms with Crippen LogP contribution in [0.3, 0.4) is 0 Å². The number of nitrogens with zero attached hydrogens (tertiary/aromatic N) is 3. The lowest BCUT2D eigenvalue weighted by molar-refractivity contribution is 0.930. The molecule has 1 aliphatic heterocycles. The Morgan fingerprint density at radius 1 is 1.06 bits per heavy atom. The van der Waals surface area contributed by atoms with Crippen molar-refractivity contribution >= 4 is 17.4 Å². The zero-order chi connectivity index (χ0) is 12.4. The van der Waals surface area contributed by atoms with Gasteiger partial charge in [-0.15, -0.1) is 0 Å². The number of anilines is 1. The molecule has 1 fully saturated rings. The maximum absolute atomic E-state index is 6.20. The van der Waals surface area contributed by atoms with E-state index in [0.717, 1.165) is 30.3 Å². The maximum Gasteiger partial charge on any atom is 0.161 e. The van der Waals surface area contributed by atoms with Crippen LogP contribution in [0.2, 0.25) is 5.02 Å². The largest absolute Gasteiger partial charge is 0.355 e. The molecule has 3 nitrogen and oxygen atoms in total. The monoisotopic (exact) mass is 259 g/mol. The normalized spacial score (nSPS) is 15.1. The predicted molar refractivity (Wildman–Crippen MR) is 73.9 cm³/mol. The molecular formula is C14H14ClN3. The second kappa shape index (κ2) is 4.94. The molecule has 1 aliphatic rings. The molecule has 0 unspecified atom stereocenters. The molecule has 4 heteroatoms. The Hall–Kier alpha value is -1.61. The van der Waals surface area contributed by atoms with Crippen molar-refractivity contribution in [3.05, 3.63) is 41.6 Å². The van der Waals surface area contributed by atoms with Crippen LogP contribution in [-0.2, 0) is 0 Å². The lowest BCUT2D eigenvalue weighted by Crippen LogP contribution is -2.19. The molecule has 92 valence electrons. The summed E-state index contributed by atoms with van der Waals surface area (Å²) >= 11 is 6.20. The van der Waals surface area contributed by atoms with Crippen molar-refractivity contribution in [1.29, 1.82) is 0 Å². The van der Waals surface area contributed by atoms with E-state index in [4.69, 9.17) is 11.6 Å². The quantitative estimate of drug-likeness (QED) is 0.828. The molecule has 1 aromatic heterocycles. The summed E-state index contributed by atoms with van der Waals surface area (Å²) in [6.45, 7) is 2.07. The van der Waals surface area contributed by atoms with Crippen LogP contribution in [0.4, 0.5) is 5.82 Å². The Morgan fingerprint density at radius 2 is 1.78 bits per heavy atom. The highest BCUT2D eigenvalue weighted by molar-refractivity contribution is 6.32. The van der Waals surface area contributed by atoms with Crippen LogP contribution in [0.15, 0.2) is 36.5 Å². The summed E-state index contributed by atoms with van der Waals surface area (Å²) < 4.78 is 0. The van der Waals surface area contributed by atoms with Crippen LogP contribution < -0.4 is 4.90 Å². The fourth-order valence-electron chi connectivity index (χ4n) is 2.24. The van der Waals surface area contributed by atoms with E-state index in [-0.39, 0.29) is 0 Å². The molecule has 2 heterocycles. The van der Waals surface area contributed by atoms with Crippen molar-refractivity contribution < 1.29 is 0 Å². The SMILES string of the molecule is Clc1cnc(-c2ccccc2)nc1N1CCCC1. The van der Waals surface area contributed by atoms with Crippen molar-refractivity contribution in [3.63, 3.8) is 0 Å². The minimum atomic E-state index is 0.636. The van der Waals surface area contributed by atoms with Gasteiger partial charge in [0, 0.05) is 18.7 Å². The van der Waals surface area contributed by atoms with Crippen molar-refractivity contribution in [1.82, 2.24) is 9.97 Å². The summed E-state index contributed by atoms with van der Waals surface area (Å²) in [6, 6.07) is 9.99. The first-order chi connectivity index (χ1) is 8.84. The van der Waals surface area contributed by atoms with Crippen molar-refractivity contribution in [3.8, 4) is 11.4 Å². The van der Waals surface area contributed by atoms with Crippen molar-refractivity contribution in [2.45, 2.75) is 12.8 Å². The van der Waals surface area contributed by atoms with Crippen LogP contribution in [0.25, 0.3) is 11.4 Å². The highest BCUT2D eigenvalue weighted by Crippen LogP contribution is 2.28. The number of hydrogen-bond acceptors (Lipinski definition) is 3. The van der Waals surface area contributed by atoms with E-state index in [1.54, 1.807) is 6.20 Å². The number of halogens is 1. The topological polar surface area (TPSA) is 29.0 Å². The zero-order valence-electron chi connectivity index (χ0n) is 10.0. The van der Waals surface area contributed by atoms with Gasteiger partial charge in [-0.25, -0.2) is 9.97 Å². The van der Waals surface area contributed by atoms with Gasteiger partial charge >= 0.3 is 0 Å². The Bertz CT molecular complexity index is 536. The summed E-state index contributed by atoms with van der Waals surface area (Å²) in [4.78, 5) is 11.2. The van der Waals surface area contributed by atoms with Gasteiger partial charge in [-0.1, -0.05) is 41.9 Å². The summed E-state index contributed by atoms with van der Waals surface area (Å²) in [6.07, 6.45) is 4.12. The van der Waals surface area contributed by atoms with Crippen LogP contribution in [0.1, 0.15) is 12.8 Å². The second-order valence-electron chi connectivity index (χ2n) is 4.43. The highest BCUT2D eigenvalue weighted by Gasteiger charge is 2.17. The van der Waals surface area contributed by atoms with Gasteiger partial charge < -0.3 is 4.90 Å². The van der Waals surface area contributed by atoms with E-state index >= 15 is 0 Å². The first-order valence-electron chi connectivity index (χ1n) is 6.17. The number of benzene rings is 1. The van der Waals surface area contributed by atoms with Crippen LogP contribution in [0.5, 0.6) is 0 Å². The van der Waals surface area contributed by atoms with Crippen LogP contribution >= 0.6 is 11.6 Å². The second-order valence-corrected chi connectivity index (χ2v) is 4.83. The molecular weight excluding hydrogens is 246 g/mol. The Labute approximate surface area is 111 Å². The number of hydrogen-bond donors (Lipinski definition) is 0. The van der Waals surface area contributed by atoms with Gasteiger partial charge in [0.1, 0.15) is 5.02 Å². The average Bonchev–Trinajstić information content (AvgIpc) is 2.94. The van der Waals surface area contributed by atoms with E-state index in [2.05, 4.69) is 14.9 Å². The third-order valence-corrected chi connectivity index (χ3v) is 3.43. The predicted octanol–water partition coefficient (Wildman–Crippen LogP) is 3.40. The lowest BCUT2D eigenvalue weighted by atomic mass is 10.2. The van der Waals surface area contributed by atoms with Gasteiger partial charge in [0.15, 0.2) is 11.6 Å². The number of rotatable bonds is 2. The van der Waals surface area contributed by atoms with E-state index in [1.165, 1.54) is 12.8 Å². The fraction of sp³-hybridized carbons (Fsp3) is 0.286. The third-order valence-electron chi connectivity index (χ3n) is 3.16. The lowest BCUT2D eigenvalue weighted by Gasteiger charge is -2.18. The van der Waals surface area contributed by atoms with Gasteiger partial charge in [-0.05, 0) is 12.8 Å². The van der Waals surface area contributed by atoms with E-state index in [1.807, 2.05) is 30.3 Å². The fourth-order valence-corrected chi connectivity index (χ4v) is 2.45. The van der Waals surface area contributed by atoms with Gasteiger partial charge in [-0.3, -0.25) is 0 Å². The van der Waals surface area contributed by atoms with E-state index in [9.17, 15) is 0 Å². The van der Waals surface area contributed by atoms with Gasteiger partial charge in [0.25, 0.3) is 0 Å². The van der Waals surface area contributed by atoms with E-state index < -0.39 is 0 Å². The Morgan fingerprint density at radius 3 is 2.50 bits per heavy atom. The molecule has 3 rings (SSSR count). The summed E-state index contributed by atoms with van der Waals surface area (Å²) in [5, 5.41) is 0.636. The smallest absolute Gasteiger partial charge is 0.161 e. The molecule has 0 bridgehead atoms. The molecule has 18 heavy (non-hydrogen) atoms. The van der Waals surface area contributed by atoms with Crippen molar-refractivity contribution in [2.75, 3.05) is 18.0 Å². The van der Waals surface area contributed by atoms with E-state index in [0.29, 0.717) is 5.02 Å². The first-order valence-corrected chi connectivity index (χ1v) is 6.55. The molecule has 0 atom stereocenters. The minimum absolute atomic E-state index is 0.636. The van der Waals surface area contributed by atoms with Gasteiger partial charge in [0.2, 0.25) is 0 Å². The Kier molecular flexibility index (Phi) is 3.15. The summed E-state index contributed by atoms with van der Waals surface area (Å²) in [5.41, 5.74) is 1.02. The summed E-state index contributed by atoms with van der Waals surface area (Å²) in [5.74, 6) is 1.60. The molecule has 2 aromatic rings. The standard InChI is InChI=1S/C14H14ClN3/c15-12-10-16-13(11-6-2-1-3-7-11)17-14(12)18-8-4-5-9-18/h1-3,6-7,10H,4-5,8-9H2. The van der Waals surface area contributed by atoms with Gasteiger partial charge in [0.05, 0.1) is 6.20 Å². The summed E-state index contributed by atoms with van der Waals surface area (Å²) in [7, 11) is 0. The molecule has 1 saturated heterocycles. The molecule has 0 amide bonds. The minimum Gasteiger partial charge on any atom is -0.355 e. The van der Waals surface area contributed by atoms with Gasteiger partial charge in [-0.2, -0.15) is 0 Å². The first kappa shape index (κ1) is 11.5. The highest BCUT2D eigenvalue weighted by atomic mass is 35.5. The molecule has 0 aliphatic carbocycles. The molecule has 0 saturated carbocycles. The van der Waals surface area contributed by atoms with Crippen molar-refractivity contribution in [2.24, 2.45) is 0 Å². The average molecular weight is 260 g/mol.